The molecule has 7 aromatic carbocycles. The monoisotopic (exact) mass is 932 g/mol. The van der Waals surface area contributed by atoms with E-state index in [0.717, 1.165) is 55.6 Å². The number of anilines is 6. The summed E-state index contributed by atoms with van der Waals surface area (Å²) in [5, 5.41) is 4.83. The summed E-state index contributed by atoms with van der Waals surface area (Å²) in [6.45, 7) is 21.1. The summed E-state index contributed by atoms with van der Waals surface area (Å²) in [7, 11) is 0. The minimum absolute atomic E-state index is 0.00879. The Kier molecular flexibility index (Phi) is 9.11. The third kappa shape index (κ3) is 6.53. The molecule has 2 aliphatic heterocycles. The smallest absolute Gasteiger partial charge is 0.277 e. The second-order valence-electron chi connectivity index (χ2n) is 22.2. The maximum atomic E-state index is 6.17. The molecule has 7 heteroatoms. The minimum Gasteiger partial charge on any atom is -0.464 e. The van der Waals surface area contributed by atoms with Gasteiger partial charge in [-0.2, -0.15) is 0 Å². The van der Waals surface area contributed by atoms with E-state index in [2.05, 4.69) is 206 Å². The van der Waals surface area contributed by atoms with E-state index in [1.165, 1.54) is 74.6 Å². The second-order valence-corrected chi connectivity index (χ2v) is 24.4. The molecule has 0 spiro atoms. The third-order valence-electron chi connectivity index (χ3n) is 14.6. The molecule has 0 unspecified atom stereocenters. The van der Waals surface area contributed by atoms with Gasteiger partial charge in [0.15, 0.2) is 0 Å². The Morgan fingerprint density at radius 3 is 1.29 bits per heavy atom. The number of hydrogen-bond acceptors (Lipinski definition) is 6. The van der Waals surface area contributed by atoms with Crippen LogP contribution in [-0.2, 0) is 16.2 Å². The summed E-state index contributed by atoms with van der Waals surface area (Å²) in [5.74, 6) is 0. The highest BCUT2D eigenvalue weighted by atomic mass is 32.1. The van der Waals surface area contributed by atoms with Crippen molar-refractivity contribution in [3.63, 3.8) is 0 Å². The van der Waals surface area contributed by atoms with E-state index in [0.29, 0.717) is 0 Å². The van der Waals surface area contributed by atoms with Gasteiger partial charge in [-0.3, -0.25) is 0 Å². The molecule has 0 N–H and O–H groups in total. The molecule has 4 aromatic heterocycles. The zero-order chi connectivity index (χ0) is 47.3. The summed E-state index contributed by atoms with van der Waals surface area (Å²) in [4.78, 5) is 5.25. The van der Waals surface area contributed by atoms with Crippen LogP contribution in [0.5, 0.6) is 0 Å². The molecule has 0 fully saturated rings. The van der Waals surface area contributed by atoms with Crippen molar-refractivity contribution in [2.75, 3.05) is 9.80 Å². The lowest BCUT2D eigenvalue weighted by Crippen LogP contribution is -2.59. The lowest BCUT2D eigenvalue weighted by molar-refractivity contribution is 0.590. The third-order valence-corrected chi connectivity index (χ3v) is 17.1. The second kappa shape index (κ2) is 14.9. The fourth-order valence-corrected chi connectivity index (χ4v) is 13.6. The molecule has 0 amide bonds. The number of nitrogens with zero attached hydrogens (tertiary/aromatic N) is 2. The quantitative estimate of drug-likeness (QED) is 0.165. The van der Waals surface area contributed by atoms with Gasteiger partial charge in [-0.1, -0.05) is 135 Å². The number of hydrogen-bond donors (Lipinski definition) is 0. The van der Waals surface area contributed by atoms with E-state index in [9.17, 15) is 0 Å². The maximum Gasteiger partial charge on any atom is 0.277 e. The first-order valence-corrected chi connectivity index (χ1v) is 25.8. The molecule has 4 nitrogen and oxygen atoms in total. The SMILES string of the molecule is CC(C)(C)c1cc2c3c(c1)N(c1cccc(-c4coc5ccccc45)c1)c1c(sc4ccc(C(C)(C)C)cc14)B3c1sc3ccc(C(C)(C)C)cc3c1N2c1cccc(-c2coc3ccccc23)c1. The zero-order valence-corrected chi connectivity index (χ0v) is 42.2. The van der Waals surface area contributed by atoms with Gasteiger partial charge in [-0.05, 0) is 122 Å². The van der Waals surface area contributed by atoms with E-state index in [1.807, 2.05) is 47.3 Å². The van der Waals surface area contributed by atoms with Crippen molar-refractivity contribution in [3.8, 4) is 22.3 Å². The fraction of sp³-hybridized carbons (Fsp3) is 0.194. The van der Waals surface area contributed by atoms with Crippen molar-refractivity contribution in [1.29, 1.82) is 0 Å². The van der Waals surface area contributed by atoms with Gasteiger partial charge in [0.2, 0.25) is 0 Å². The van der Waals surface area contributed by atoms with Gasteiger partial charge >= 0.3 is 0 Å². The summed E-state index contributed by atoms with van der Waals surface area (Å²) in [5.41, 5.74) is 18.6. The van der Waals surface area contributed by atoms with Crippen LogP contribution < -0.4 is 24.8 Å². The van der Waals surface area contributed by atoms with Gasteiger partial charge in [0.05, 0.1) is 23.9 Å². The lowest BCUT2D eigenvalue weighted by atomic mass is 9.39. The average molecular weight is 933 g/mol. The molecule has 0 radical (unpaired) electrons. The Labute approximate surface area is 412 Å². The Morgan fingerprint density at radius 1 is 0.420 bits per heavy atom. The number of para-hydroxylation sites is 2. The van der Waals surface area contributed by atoms with Gasteiger partial charge in [-0.25, -0.2) is 0 Å². The molecule has 0 saturated heterocycles. The predicted octanol–water partition coefficient (Wildman–Crippen LogP) is 16.9. The lowest BCUT2D eigenvalue weighted by Gasteiger charge is -2.43. The van der Waals surface area contributed by atoms with Crippen LogP contribution >= 0.6 is 22.7 Å². The van der Waals surface area contributed by atoms with Crippen LogP contribution in [0.15, 0.2) is 167 Å². The van der Waals surface area contributed by atoms with E-state index in [-0.39, 0.29) is 23.0 Å². The predicted molar refractivity (Wildman–Crippen MR) is 298 cm³/mol. The van der Waals surface area contributed by atoms with Crippen LogP contribution in [0.2, 0.25) is 0 Å². The molecule has 6 heterocycles. The van der Waals surface area contributed by atoms with Crippen LogP contribution in [0.25, 0.3) is 64.4 Å². The van der Waals surface area contributed by atoms with E-state index < -0.39 is 0 Å². The number of benzene rings is 7. The molecule has 0 atom stereocenters. The minimum atomic E-state index is -0.166. The van der Waals surface area contributed by atoms with Crippen LogP contribution in [0.3, 0.4) is 0 Å². The van der Waals surface area contributed by atoms with Gasteiger partial charge in [-0.15, -0.1) is 22.7 Å². The van der Waals surface area contributed by atoms with Crippen LogP contribution in [0.1, 0.15) is 79.0 Å². The zero-order valence-electron chi connectivity index (χ0n) is 40.6. The summed E-state index contributed by atoms with van der Waals surface area (Å²) >= 11 is 3.94. The molecule has 338 valence electrons. The average Bonchev–Trinajstić information content (AvgIpc) is 4.13. The number of rotatable bonds is 4. The van der Waals surface area contributed by atoms with Crippen molar-refractivity contribution < 1.29 is 8.83 Å². The molecular formula is C62H53BN2O2S2. The first kappa shape index (κ1) is 42.3. The van der Waals surface area contributed by atoms with Crippen LogP contribution in [-0.4, -0.2) is 6.71 Å². The summed E-state index contributed by atoms with van der Waals surface area (Å²) in [6.07, 6.45) is 3.84. The number of fused-ring (bicyclic) bond motifs is 10. The van der Waals surface area contributed by atoms with E-state index >= 15 is 0 Å². The van der Waals surface area contributed by atoms with Crippen molar-refractivity contribution in [1.82, 2.24) is 0 Å². The van der Waals surface area contributed by atoms with Crippen molar-refractivity contribution in [2.24, 2.45) is 0 Å². The molecule has 13 rings (SSSR count). The molecule has 0 saturated carbocycles. The molecule has 69 heavy (non-hydrogen) atoms. The van der Waals surface area contributed by atoms with Gasteiger partial charge in [0.1, 0.15) is 11.2 Å². The fourth-order valence-electron chi connectivity index (χ4n) is 10.9. The maximum absolute atomic E-state index is 6.17. The summed E-state index contributed by atoms with van der Waals surface area (Å²) < 4.78 is 17.7. The van der Waals surface area contributed by atoms with E-state index in [1.54, 1.807) is 0 Å². The first-order chi connectivity index (χ1) is 33.1. The topological polar surface area (TPSA) is 32.8 Å². The van der Waals surface area contributed by atoms with Crippen molar-refractivity contribution >= 4 is 121 Å². The molecule has 0 aliphatic carbocycles. The number of furan rings is 2. The van der Waals surface area contributed by atoms with Crippen LogP contribution in [0, 0.1) is 0 Å². The highest BCUT2D eigenvalue weighted by Gasteiger charge is 2.48. The highest BCUT2D eigenvalue weighted by Crippen LogP contribution is 2.53. The number of thiophene rings is 2. The highest BCUT2D eigenvalue weighted by molar-refractivity contribution is 7.40. The van der Waals surface area contributed by atoms with Gasteiger partial charge in [0.25, 0.3) is 6.71 Å². The Balaban J connectivity index is 1.15. The van der Waals surface area contributed by atoms with Gasteiger partial charge < -0.3 is 18.6 Å². The normalized spacial score (nSPS) is 13.8. The molecule has 2 aliphatic rings. The Bertz CT molecular complexity index is 3660. The Morgan fingerprint density at radius 2 is 0.855 bits per heavy atom. The summed E-state index contributed by atoms with van der Waals surface area (Å²) in [6, 6.07) is 54.5. The molecule has 11 aromatic rings. The Hall–Kier alpha value is -6.80. The van der Waals surface area contributed by atoms with Crippen molar-refractivity contribution in [3.05, 3.63) is 175 Å². The molecular weight excluding hydrogens is 880 g/mol. The largest absolute Gasteiger partial charge is 0.464 e. The van der Waals surface area contributed by atoms with Crippen LogP contribution in [0.4, 0.5) is 34.1 Å². The van der Waals surface area contributed by atoms with Crippen molar-refractivity contribution in [2.45, 2.75) is 78.6 Å². The first-order valence-electron chi connectivity index (χ1n) is 24.2. The van der Waals surface area contributed by atoms with Gasteiger partial charge in [0, 0.05) is 74.4 Å². The standard InChI is InChI=1S/C62H53BN2O2S2/c1-60(2,3)38-24-26-53-45(30-38)56-58(68-53)63-55-49(64(56)41-18-14-16-36(28-41)47-34-66-51-22-12-10-20-43(47)51)32-40(62(7,8)9)33-50(55)65(57-46-31-39(61(4,5)6)25-27-54(46)69-59(57)63)42-19-15-17-37(29-42)48-35-67-52-23-13-11-21-44(48)52/h10-35H,1-9H3. The molecule has 0 bridgehead atoms. The van der Waals surface area contributed by atoms with E-state index in [4.69, 9.17) is 8.83 Å².